The van der Waals surface area contributed by atoms with Gasteiger partial charge in [0.25, 0.3) is 0 Å². The number of benzene rings is 3. The highest BCUT2D eigenvalue weighted by Gasteiger charge is 2.24. The maximum Gasteiger partial charge on any atom is 0.341 e. The van der Waals surface area contributed by atoms with Gasteiger partial charge in [0.05, 0.1) is 28.1 Å². The van der Waals surface area contributed by atoms with E-state index in [1.165, 1.54) is 12.3 Å². The molecule has 0 bridgehead atoms. The molecule has 16 heteroatoms. The number of carboxylic acid groups (broad SMARTS) is 2. The molecule has 0 saturated carbocycles. The number of halogens is 4. The number of fused-ring (bicyclic) bond motifs is 2. The fourth-order valence-corrected chi connectivity index (χ4v) is 6.72. The highest BCUT2D eigenvalue weighted by Crippen LogP contribution is 2.29. The summed E-state index contributed by atoms with van der Waals surface area (Å²) < 4.78 is 60.1. The number of rotatable bonds is 6. The number of hydrogen-bond donors (Lipinski definition) is 4. The third-order valence-electron chi connectivity index (χ3n) is 9.36. The van der Waals surface area contributed by atoms with Gasteiger partial charge in [-0.2, -0.15) is 0 Å². The monoisotopic (exact) mass is 736 g/mol. The van der Waals surface area contributed by atoms with E-state index in [0.717, 1.165) is 48.1 Å². The molecule has 278 valence electrons. The van der Waals surface area contributed by atoms with Crippen molar-refractivity contribution >= 4 is 45.1 Å². The number of aryl methyl sites for hydroxylation is 1. The van der Waals surface area contributed by atoms with Gasteiger partial charge < -0.3 is 39.8 Å². The van der Waals surface area contributed by atoms with E-state index in [-0.39, 0.29) is 39.3 Å². The minimum atomic E-state index is -1.53. The zero-order chi connectivity index (χ0) is 38.1. The quantitative estimate of drug-likeness (QED) is 0.187. The molecule has 4 N–H and O–H groups in total. The summed E-state index contributed by atoms with van der Waals surface area (Å²) >= 11 is 0. The van der Waals surface area contributed by atoms with Crippen molar-refractivity contribution in [2.24, 2.45) is 0 Å². The van der Waals surface area contributed by atoms with Crippen LogP contribution in [0.2, 0.25) is 0 Å². The first-order valence-electron chi connectivity index (χ1n) is 16.9. The highest BCUT2D eigenvalue weighted by molar-refractivity contribution is 5.95. The number of hydrogen-bond acceptors (Lipinski definition) is 8. The van der Waals surface area contributed by atoms with E-state index in [1.54, 1.807) is 15.5 Å². The first kappa shape index (κ1) is 37.0. The summed E-state index contributed by atoms with van der Waals surface area (Å²) in [5.41, 5.74) is -1.33. The number of nitrogens with one attached hydrogen (secondary N) is 2. The standard InChI is InChI=1S/C21H18F3N3O3.C16H18FN3O3/c1-11-9-26(5-4-25-11)19-8-18-13(7-16(19)24)20(28)14(21(29)30)10-27(18)17-3-2-12(22)6-15(17)23;1-2-19-9-11(16(22)23)15(21)10-7-12(17)14(8-13(10)19)20-5-3-18-4-6-20/h2-3,6-8,10-11,25H,4-5,9H2,1H3,(H,29,30);7-9,18H,2-6H2,1H3,(H,22,23). The van der Waals surface area contributed by atoms with E-state index in [0.29, 0.717) is 56.5 Å². The lowest BCUT2D eigenvalue weighted by atomic mass is 10.1. The van der Waals surface area contributed by atoms with Crippen LogP contribution in [0, 0.1) is 23.3 Å². The normalized spacial score (nSPS) is 16.1. The molecule has 3 aromatic carbocycles. The summed E-state index contributed by atoms with van der Waals surface area (Å²) in [4.78, 5) is 51.4. The number of piperazine rings is 2. The second-order valence-corrected chi connectivity index (χ2v) is 12.8. The molecule has 2 saturated heterocycles. The molecule has 2 aliphatic rings. The van der Waals surface area contributed by atoms with Gasteiger partial charge in [-0.15, -0.1) is 0 Å². The summed E-state index contributed by atoms with van der Waals surface area (Å²) in [6.45, 7) is 8.89. The Hall–Kier alpha value is -5.74. The van der Waals surface area contributed by atoms with E-state index in [1.807, 2.05) is 18.7 Å². The summed E-state index contributed by atoms with van der Waals surface area (Å²) in [5.74, 6) is -5.76. The van der Waals surface area contributed by atoms with Crippen LogP contribution in [0.4, 0.5) is 28.9 Å². The third kappa shape index (κ3) is 7.32. The zero-order valence-electron chi connectivity index (χ0n) is 28.8. The Bertz CT molecular complexity index is 2380. The molecule has 1 atom stereocenters. The predicted octanol–water partition coefficient (Wildman–Crippen LogP) is 4.17. The molecular formula is C37H36F4N6O6. The van der Waals surface area contributed by atoms with Crippen molar-refractivity contribution < 1.29 is 37.4 Å². The number of pyridine rings is 2. The van der Waals surface area contributed by atoms with Crippen molar-refractivity contribution in [1.82, 2.24) is 19.8 Å². The van der Waals surface area contributed by atoms with Crippen LogP contribution in [0.5, 0.6) is 0 Å². The molecule has 7 rings (SSSR count). The molecule has 12 nitrogen and oxygen atoms in total. The molecule has 0 radical (unpaired) electrons. The van der Waals surface area contributed by atoms with Crippen LogP contribution < -0.4 is 31.3 Å². The van der Waals surface area contributed by atoms with Crippen molar-refractivity contribution in [3.8, 4) is 5.69 Å². The Labute approximate surface area is 299 Å². The second kappa shape index (κ2) is 15.1. The fourth-order valence-electron chi connectivity index (χ4n) is 6.72. The van der Waals surface area contributed by atoms with Crippen LogP contribution in [0.25, 0.3) is 27.5 Å². The first-order valence-corrected chi connectivity index (χ1v) is 16.9. The Morgan fingerprint density at radius 1 is 0.736 bits per heavy atom. The maximum absolute atomic E-state index is 14.9. The SMILES string of the molecule is CC1CN(c2cc3c(cc2F)c(=O)c(C(=O)O)cn3-c2ccc(F)cc2F)CCN1.CCn1cc(C(=O)O)c(=O)c2cc(F)c(N3CCNCC3)cc21. The number of carboxylic acids is 2. The van der Waals surface area contributed by atoms with Gasteiger partial charge in [0, 0.05) is 87.6 Å². The molecule has 2 fully saturated rings. The fraction of sp³-hybridized carbons (Fsp3) is 0.297. The molecule has 2 aromatic heterocycles. The molecule has 2 aliphatic heterocycles. The lowest BCUT2D eigenvalue weighted by Gasteiger charge is -2.34. The topological polar surface area (TPSA) is 149 Å². The van der Waals surface area contributed by atoms with Crippen LogP contribution in [0.1, 0.15) is 34.6 Å². The second-order valence-electron chi connectivity index (χ2n) is 12.8. The van der Waals surface area contributed by atoms with Crippen molar-refractivity contribution in [2.45, 2.75) is 26.4 Å². The number of aromatic carboxylic acids is 2. The van der Waals surface area contributed by atoms with Crippen LogP contribution in [0.3, 0.4) is 0 Å². The van der Waals surface area contributed by atoms with Crippen molar-refractivity contribution in [1.29, 1.82) is 0 Å². The van der Waals surface area contributed by atoms with E-state index in [9.17, 15) is 41.8 Å². The minimum absolute atomic E-state index is 0.100. The van der Waals surface area contributed by atoms with Crippen LogP contribution in [-0.4, -0.2) is 83.1 Å². The summed E-state index contributed by atoms with van der Waals surface area (Å²) in [7, 11) is 0. The molecule has 5 aromatic rings. The average molecular weight is 737 g/mol. The van der Waals surface area contributed by atoms with Crippen molar-refractivity contribution in [3.05, 3.63) is 110 Å². The van der Waals surface area contributed by atoms with E-state index >= 15 is 0 Å². The van der Waals surface area contributed by atoms with Gasteiger partial charge in [-0.25, -0.2) is 27.2 Å². The van der Waals surface area contributed by atoms with Crippen molar-refractivity contribution in [3.63, 3.8) is 0 Å². The minimum Gasteiger partial charge on any atom is -0.477 e. The Balaban J connectivity index is 0.000000188. The summed E-state index contributed by atoms with van der Waals surface area (Å²) in [5, 5.41) is 24.9. The van der Waals surface area contributed by atoms with Gasteiger partial charge in [-0.05, 0) is 50.2 Å². The number of carbonyl (C=O) groups is 2. The van der Waals surface area contributed by atoms with Crippen molar-refractivity contribution in [2.75, 3.05) is 55.6 Å². The van der Waals surface area contributed by atoms with E-state index in [4.69, 9.17) is 5.11 Å². The molecule has 53 heavy (non-hydrogen) atoms. The average Bonchev–Trinajstić information content (AvgIpc) is 3.12. The lowest BCUT2D eigenvalue weighted by molar-refractivity contribution is 0.0684. The summed E-state index contributed by atoms with van der Waals surface area (Å²) in [6.07, 6.45) is 2.30. The molecule has 0 amide bonds. The summed E-state index contributed by atoms with van der Waals surface area (Å²) in [6, 6.07) is 8.10. The molecule has 0 aliphatic carbocycles. The van der Waals surface area contributed by atoms with Gasteiger partial charge >= 0.3 is 11.9 Å². The number of aromatic nitrogens is 2. The lowest BCUT2D eigenvalue weighted by Crippen LogP contribution is -2.49. The van der Waals surface area contributed by atoms with Gasteiger partial charge in [0.2, 0.25) is 10.9 Å². The number of anilines is 2. The molecule has 4 heterocycles. The smallest absolute Gasteiger partial charge is 0.341 e. The predicted molar refractivity (Wildman–Crippen MR) is 192 cm³/mol. The number of nitrogens with zero attached hydrogens (tertiary/aromatic N) is 4. The van der Waals surface area contributed by atoms with E-state index in [2.05, 4.69) is 10.6 Å². The van der Waals surface area contributed by atoms with E-state index < -0.39 is 51.6 Å². The Morgan fingerprint density at radius 2 is 1.28 bits per heavy atom. The van der Waals surface area contributed by atoms with Gasteiger partial charge in [0.15, 0.2) is 0 Å². The molecule has 0 spiro atoms. The Kier molecular flexibility index (Phi) is 10.5. The largest absolute Gasteiger partial charge is 0.477 e. The first-order chi connectivity index (χ1) is 25.3. The van der Waals surface area contributed by atoms with Crippen LogP contribution in [0.15, 0.2) is 64.4 Å². The van der Waals surface area contributed by atoms with Crippen LogP contribution >= 0.6 is 0 Å². The molecule has 1 unspecified atom stereocenters. The Morgan fingerprint density at radius 3 is 1.87 bits per heavy atom. The van der Waals surface area contributed by atoms with Gasteiger partial charge in [-0.1, -0.05) is 0 Å². The van der Waals surface area contributed by atoms with Gasteiger partial charge in [0.1, 0.15) is 34.4 Å². The third-order valence-corrected chi connectivity index (χ3v) is 9.36. The highest BCUT2D eigenvalue weighted by atomic mass is 19.1. The molecular weight excluding hydrogens is 700 g/mol. The van der Waals surface area contributed by atoms with Gasteiger partial charge in [-0.3, -0.25) is 9.59 Å². The maximum atomic E-state index is 14.9. The zero-order valence-corrected chi connectivity index (χ0v) is 28.8. The van der Waals surface area contributed by atoms with Crippen LogP contribution in [-0.2, 0) is 6.54 Å².